The molecule has 1 fully saturated rings. The summed E-state index contributed by atoms with van der Waals surface area (Å²) < 4.78 is 11.0. The second-order valence-electron chi connectivity index (χ2n) is 6.25. The monoisotopic (exact) mass is 361 g/mol. The maximum absolute atomic E-state index is 12.4. The van der Waals surface area contributed by atoms with Crippen LogP contribution in [0.1, 0.15) is 29.9 Å². The zero-order valence-electron chi connectivity index (χ0n) is 14.7. The van der Waals surface area contributed by atoms with Crippen molar-refractivity contribution in [1.29, 1.82) is 0 Å². The Bertz CT molecular complexity index is 724. The van der Waals surface area contributed by atoms with Gasteiger partial charge in [0.1, 0.15) is 5.75 Å². The third kappa shape index (κ3) is 4.56. The van der Waals surface area contributed by atoms with Gasteiger partial charge in [-0.2, -0.15) is 0 Å². The molecule has 2 aromatic rings. The number of anilines is 1. The quantitative estimate of drug-likeness (QED) is 0.887. The minimum absolute atomic E-state index is 0.216. The summed E-state index contributed by atoms with van der Waals surface area (Å²) in [6, 6.07) is 7.15. The predicted octanol–water partition coefficient (Wildman–Crippen LogP) is 3.01. The van der Waals surface area contributed by atoms with Crippen LogP contribution in [-0.4, -0.2) is 48.2 Å². The van der Waals surface area contributed by atoms with Crippen molar-refractivity contribution >= 4 is 22.4 Å². The van der Waals surface area contributed by atoms with E-state index < -0.39 is 0 Å². The van der Waals surface area contributed by atoms with Gasteiger partial charge in [0, 0.05) is 25.0 Å². The number of rotatable bonds is 5. The normalized spacial score (nSPS) is 21.1. The van der Waals surface area contributed by atoms with Gasteiger partial charge < -0.3 is 9.47 Å². The summed E-state index contributed by atoms with van der Waals surface area (Å²) in [5.74, 6) is 0.333. The number of ether oxygens (including phenoxy) is 2. The highest BCUT2D eigenvalue weighted by Gasteiger charge is 2.23. The summed E-state index contributed by atoms with van der Waals surface area (Å²) >= 11 is 1.43. The zero-order chi connectivity index (χ0) is 17.8. The van der Waals surface area contributed by atoms with E-state index in [2.05, 4.69) is 29.0 Å². The summed E-state index contributed by atoms with van der Waals surface area (Å²) in [6.07, 6.45) is 0.458. The summed E-state index contributed by atoms with van der Waals surface area (Å²) in [6.45, 7) is 6.72. The molecule has 1 N–H and O–H groups in total. The standard InChI is InChI=1S/C18H23N3O3S/c1-12-8-21(9-13(2)24-12)10-14-11-25-18(19-14)20-17(22)15-6-4-5-7-16(15)23-3/h4-7,11-13H,8-10H2,1-3H3,(H,19,20,22)/t12-,13+. The van der Waals surface area contributed by atoms with Crippen molar-refractivity contribution in [3.8, 4) is 5.75 Å². The number of nitrogens with zero attached hydrogens (tertiary/aromatic N) is 2. The minimum Gasteiger partial charge on any atom is -0.496 e. The van der Waals surface area contributed by atoms with E-state index in [9.17, 15) is 4.79 Å². The first-order valence-corrected chi connectivity index (χ1v) is 9.19. The van der Waals surface area contributed by atoms with Gasteiger partial charge in [-0.05, 0) is 26.0 Å². The molecule has 1 aliphatic rings. The third-order valence-electron chi connectivity index (χ3n) is 4.00. The molecule has 134 valence electrons. The lowest BCUT2D eigenvalue weighted by molar-refractivity contribution is -0.0707. The fourth-order valence-electron chi connectivity index (χ4n) is 3.08. The van der Waals surface area contributed by atoms with Crippen molar-refractivity contribution < 1.29 is 14.3 Å². The van der Waals surface area contributed by atoms with Crippen LogP contribution >= 0.6 is 11.3 Å². The molecule has 1 aliphatic heterocycles. The number of benzene rings is 1. The largest absolute Gasteiger partial charge is 0.496 e. The summed E-state index contributed by atoms with van der Waals surface area (Å²) in [4.78, 5) is 19.3. The molecule has 1 aromatic carbocycles. The van der Waals surface area contributed by atoms with E-state index >= 15 is 0 Å². The predicted molar refractivity (Wildman–Crippen MR) is 98.3 cm³/mol. The molecule has 7 heteroatoms. The van der Waals surface area contributed by atoms with Crippen molar-refractivity contribution in [3.05, 3.63) is 40.9 Å². The minimum atomic E-state index is -0.216. The Kier molecular flexibility index (Phi) is 5.67. The van der Waals surface area contributed by atoms with Crippen molar-refractivity contribution in [2.24, 2.45) is 0 Å². The maximum Gasteiger partial charge on any atom is 0.261 e. The number of amides is 1. The molecule has 1 amide bonds. The molecule has 6 nitrogen and oxygen atoms in total. The Labute approximate surface area is 151 Å². The number of hydrogen-bond acceptors (Lipinski definition) is 6. The number of carbonyl (C=O) groups excluding carboxylic acids is 1. The summed E-state index contributed by atoms with van der Waals surface area (Å²) in [7, 11) is 1.55. The highest BCUT2D eigenvalue weighted by Crippen LogP contribution is 2.22. The van der Waals surface area contributed by atoms with Gasteiger partial charge in [-0.1, -0.05) is 12.1 Å². The number of methoxy groups -OCH3 is 1. The molecule has 1 saturated heterocycles. The smallest absolute Gasteiger partial charge is 0.261 e. The van der Waals surface area contributed by atoms with Gasteiger partial charge in [0.15, 0.2) is 5.13 Å². The first-order chi connectivity index (χ1) is 12.0. The summed E-state index contributed by atoms with van der Waals surface area (Å²) in [5, 5.41) is 5.44. The molecule has 2 atom stereocenters. The molecule has 0 aliphatic carbocycles. The van der Waals surface area contributed by atoms with E-state index in [0.717, 1.165) is 25.3 Å². The second kappa shape index (κ2) is 7.95. The van der Waals surface area contributed by atoms with Gasteiger partial charge in [0.05, 0.1) is 30.6 Å². The maximum atomic E-state index is 12.4. The molecular formula is C18H23N3O3S. The van der Waals surface area contributed by atoms with Crippen molar-refractivity contribution in [2.45, 2.75) is 32.6 Å². The Balaban J connectivity index is 1.62. The number of para-hydroxylation sites is 1. The molecule has 2 heterocycles. The highest BCUT2D eigenvalue weighted by molar-refractivity contribution is 7.14. The number of aromatic nitrogens is 1. The van der Waals surface area contributed by atoms with Gasteiger partial charge in [-0.3, -0.25) is 15.0 Å². The van der Waals surface area contributed by atoms with Crippen molar-refractivity contribution in [1.82, 2.24) is 9.88 Å². The second-order valence-corrected chi connectivity index (χ2v) is 7.11. The van der Waals surface area contributed by atoms with E-state index in [1.165, 1.54) is 11.3 Å². The Morgan fingerprint density at radius 1 is 1.36 bits per heavy atom. The molecule has 0 bridgehead atoms. The lowest BCUT2D eigenvalue weighted by atomic mass is 10.2. The number of nitrogens with one attached hydrogen (secondary N) is 1. The average molecular weight is 361 g/mol. The van der Waals surface area contributed by atoms with Crippen molar-refractivity contribution in [3.63, 3.8) is 0 Å². The molecule has 3 rings (SSSR count). The number of hydrogen-bond donors (Lipinski definition) is 1. The van der Waals surface area contributed by atoms with E-state index in [-0.39, 0.29) is 18.1 Å². The highest BCUT2D eigenvalue weighted by atomic mass is 32.1. The van der Waals surface area contributed by atoms with Crippen LogP contribution in [0.2, 0.25) is 0 Å². The third-order valence-corrected chi connectivity index (χ3v) is 4.81. The molecule has 0 spiro atoms. The summed E-state index contributed by atoms with van der Waals surface area (Å²) in [5.41, 5.74) is 1.46. The zero-order valence-corrected chi connectivity index (χ0v) is 15.5. The van der Waals surface area contributed by atoms with Crippen LogP contribution in [0.25, 0.3) is 0 Å². The fraction of sp³-hybridized carbons (Fsp3) is 0.444. The first kappa shape index (κ1) is 17.8. The number of carbonyl (C=O) groups is 1. The fourth-order valence-corrected chi connectivity index (χ4v) is 3.77. The molecule has 0 unspecified atom stereocenters. The number of morpholine rings is 1. The van der Waals surface area contributed by atoms with Crippen LogP contribution in [0.15, 0.2) is 29.6 Å². The van der Waals surface area contributed by atoms with Crippen LogP contribution in [0.4, 0.5) is 5.13 Å². The lowest BCUT2D eigenvalue weighted by Gasteiger charge is -2.34. The van der Waals surface area contributed by atoms with Crippen LogP contribution in [0.3, 0.4) is 0 Å². The van der Waals surface area contributed by atoms with Crippen LogP contribution < -0.4 is 10.1 Å². The molecule has 0 radical (unpaired) electrons. The van der Waals surface area contributed by atoms with Gasteiger partial charge in [0.2, 0.25) is 0 Å². The SMILES string of the molecule is COc1ccccc1C(=O)Nc1nc(CN2C[C@@H](C)O[C@@H](C)C2)cs1. The van der Waals surface area contributed by atoms with Gasteiger partial charge in [0.25, 0.3) is 5.91 Å². The number of thiazole rings is 1. The molecule has 1 aromatic heterocycles. The van der Waals surface area contributed by atoms with E-state index in [0.29, 0.717) is 16.4 Å². The van der Waals surface area contributed by atoms with Gasteiger partial charge in [-0.15, -0.1) is 11.3 Å². The molecular weight excluding hydrogens is 338 g/mol. The van der Waals surface area contributed by atoms with Gasteiger partial charge >= 0.3 is 0 Å². The van der Waals surface area contributed by atoms with E-state index in [1.54, 1.807) is 19.2 Å². The molecule has 0 saturated carbocycles. The van der Waals surface area contributed by atoms with Crippen LogP contribution in [-0.2, 0) is 11.3 Å². The molecule has 25 heavy (non-hydrogen) atoms. The Morgan fingerprint density at radius 3 is 2.80 bits per heavy atom. The average Bonchev–Trinajstić information content (AvgIpc) is 3.00. The van der Waals surface area contributed by atoms with Crippen LogP contribution in [0, 0.1) is 0 Å². The topological polar surface area (TPSA) is 63.7 Å². The van der Waals surface area contributed by atoms with E-state index in [1.807, 2.05) is 17.5 Å². The lowest BCUT2D eigenvalue weighted by Crippen LogP contribution is -2.44. The Hall–Kier alpha value is -1.96. The first-order valence-electron chi connectivity index (χ1n) is 8.31. The van der Waals surface area contributed by atoms with Crippen molar-refractivity contribution in [2.75, 3.05) is 25.5 Å². The van der Waals surface area contributed by atoms with E-state index in [4.69, 9.17) is 9.47 Å². The van der Waals surface area contributed by atoms with Gasteiger partial charge in [-0.25, -0.2) is 4.98 Å². The Morgan fingerprint density at radius 2 is 2.08 bits per heavy atom. The van der Waals surface area contributed by atoms with Crippen LogP contribution in [0.5, 0.6) is 5.75 Å².